The molecule has 6 heteroatoms. The number of ether oxygens (including phenoxy) is 3. The van der Waals surface area contributed by atoms with Gasteiger partial charge in [-0.2, -0.15) is 0 Å². The summed E-state index contributed by atoms with van der Waals surface area (Å²) in [5, 5.41) is 0. The van der Waals surface area contributed by atoms with Crippen molar-refractivity contribution in [1.29, 1.82) is 0 Å². The first-order valence-corrected chi connectivity index (χ1v) is 8.92. The summed E-state index contributed by atoms with van der Waals surface area (Å²) >= 11 is 0. The van der Waals surface area contributed by atoms with Crippen LogP contribution in [0.1, 0.15) is 36.5 Å². The molecule has 0 aromatic heterocycles. The highest BCUT2D eigenvalue weighted by Crippen LogP contribution is 2.40. The Balaban J connectivity index is 1.78. The zero-order chi connectivity index (χ0) is 17.9. The van der Waals surface area contributed by atoms with Gasteiger partial charge >= 0.3 is 0 Å². The van der Waals surface area contributed by atoms with Gasteiger partial charge in [-0.25, -0.2) is 4.39 Å². The van der Waals surface area contributed by atoms with E-state index < -0.39 is 5.82 Å². The molecule has 2 heterocycles. The van der Waals surface area contributed by atoms with E-state index in [-0.39, 0.29) is 23.2 Å². The number of hydrogen-bond acceptors (Lipinski definition) is 4. The lowest BCUT2D eigenvalue weighted by molar-refractivity contribution is -0.146. The molecule has 2 atom stereocenters. The van der Waals surface area contributed by atoms with Crippen molar-refractivity contribution in [3.05, 3.63) is 29.6 Å². The van der Waals surface area contributed by atoms with Crippen molar-refractivity contribution in [3.8, 4) is 5.75 Å². The van der Waals surface area contributed by atoms with Crippen LogP contribution in [0.4, 0.5) is 4.39 Å². The van der Waals surface area contributed by atoms with Crippen molar-refractivity contribution in [3.63, 3.8) is 0 Å². The molecule has 0 N–H and O–H groups in total. The van der Waals surface area contributed by atoms with Gasteiger partial charge in [0.05, 0.1) is 19.8 Å². The second-order valence-electron chi connectivity index (χ2n) is 6.83. The van der Waals surface area contributed by atoms with Gasteiger partial charge in [-0.1, -0.05) is 0 Å². The number of halogens is 1. The van der Waals surface area contributed by atoms with E-state index in [1.807, 2.05) is 11.8 Å². The molecule has 3 rings (SSSR count). The number of benzene rings is 1. The number of likely N-dealkylation sites (tertiary alicyclic amines) is 1. The summed E-state index contributed by atoms with van der Waals surface area (Å²) in [6.07, 6.45) is 2.88. The largest absolute Gasteiger partial charge is 0.494 e. The van der Waals surface area contributed by atoms with Gasteiger partial charge in [-0.05, 0) is 44.4 Å². The highest BCUT2D eigenvalue weighted by molar-refractivity contribution is 5.94. The third-order valence-electron chi connectivity index (χ3n) is 5.27. The molecule has 0 saturated carbocycles. The maximum atomic E-state index is 14.0. The smallest absolute Gasteiger partial charge is 0.253 e. The lowest BCUT2D eigenvalue weighted by Crippen LogP contribution is -2.58. The van der Waals surface area contributed by atoms with Gasteiger partial charge < -0.3 is 19.1 Å². The van der Waals surface area contributed by atoms with Gasteiger partial charge in [0.25, 0.3) is 5.91 Å². The fourth-order valence-electron chi connectivity index (χ4n) is 3.96. The zero-order valence-electron chi connectivity index (χ0n) is 14.9. The molecule has 2 fully saturated rings. The Hall–Kier alpha value is -1.66. The number of carbonyl (C=O) groups excluding carboxylic acids is 1. The molecule has 2 unspecified atom stereocenters. The second-order valence-corrected chi connectivity index (χ2v) is 6.83. The van der Waals surface area contributed by atoms with Gasteiger partial charge in [0.15, 0.2) is 11.6 Å². The minimum atomic E-state index is -0.520. The molecule has 1 amide bonds. The van der Waals surface area contributed by atoms with Crippen LogP contribution in [0, 0.1) is 11.2 Å². The van der Waals surface area contributed by atoms with Crippen molar-refractivity contribution in [2.75, 3.05) is 40.0 Å². The number of methoxy groups -OCH3 is 1. The fraction of sp³-hybridized carbons (Fsp3) is 0.632. The summed E-state index contributed by atoms with van der Waals surface area (Å²) in [5.41, 5.74) is 0.188. The Morgan fingerprint density at radius 2 is 2.32 bits per heavy atom. The molecule has 5 nitrogen and oxygen atoms in total. The van der Waals surface area contributed by atoms with Gasteiger partial charge in [0.2, 0.25) is 0 Å². The van der Waals surface area contributed by atoms with Crippen LogP contribution in [0.5, 0.6) is 5.75 Å². The van der Waals surface area contributed by atoms with E-state index in [9.17, 15) is 9.18 Å². The maximum absolute atomic E-state index is 14.0. The summed E-state index contributed by atoms with van der Waals surface area (Å²) < 4.78 is 30.6. The summed E-state index contributed by atoms with van der Waals surface area (Å²) in [7, 11) is 1.41. The first-order chi connectivity index (χ1) is 12.1. The molecule has 25 heavy (non-hydrogen) atoms. The molecule has 138 valence electrons. The Morgan fingerprint density at radius 3 is 3.04 bits per heavy atom. The normalized spacial score (nSPS) is 26.2. The number of piperidine rings is 1. The Morgan fingerprint density at radius 1 is 1.48 bits per heavy atom. The average Bonchev–Trinajstić information content (AvgIpc) is 2.65. The van der Waals surface area contributed by atoms with Crippen molar-refractivity contribution in [1.82, 2.24) is 4.90 Å². The molecule has 0 spiro atoms. The predicted molar refractivity (Wildman–Crippen MR) is 91.4 cm³/mol. The Labute approximate surface area is 148 Å². The summed E-state index contributed by atoms with van der Waals surface area (Å²) in [4.78, 5) is 14.7. The van der Waals surface area contributed by atoms with Crippen LogP contribution in [0.15, 0.2) is 18.2 Å². The van der Waals surface area contributed by atoms with Crippen LogP contribution in [-0.2, 0) is 9.47 Å². The summed E-state index contributed by atoms with van der Waals surface area (Å²) in [6.45, 7) is 5.19. The van der Waals surface area contributed by atoms with Gasteiger partial charge in [-0.15, -0.1) is 0 Å². The van der Waals surface area contributed by atoms with E-state index in [1.165, 1.54) is 19.2 Å². The van der Waals surface area contributed by atoms with Crippen molar-refractivity contribution in [2.24, 2.45) is 5.41 Å². The highest BCUT2D eigenvalue weighted by Gasteiger charge is 2.47. The van der Waals surface area contributed by atoms with Crippen LogP contribution >= 0.6 is 0 Å². The van der Waals surface area contributed by atoms with Gasteiger partial charge in [0, 0.05) is 37.3 Å². The lowest BCUT2D eigenvalue weighted by Gasteiger charge is -2.50. The van der Waals surface area contributed by atoms with Crippen molar-refractivity contribution < 1.29 is 23.4 Å². The lowest BCUT2D eigenvalue weighted by atomic mass is 9.73. The molecule has 0 aliphatic carbocycles. The molecule has 2 aliphatic heterocycles. The molecule has 1 aromatic rings. The van der Waals surface area contributed by atoms with Gasteiger partial charge in [0.1, 0.15) is 0 Å². The molecular formula is C19H26FNO4. The highest BCUT2D eigenvalue weighted by atomic mass is 19.1. The second kappa shape index (κ2) is 7.70. The summed E-state index contributed by atoms with van der Waals surface area (Å²) in [6, 6.07) is 4.36. The van der Waals surface area contributed by atoms with E-state index in [0.29, 0.717) is 31.9 Å². The molecular weight excluding hydrogens is 325 g/mol. The van der Waals surface area contributed by atoms with Crippen LogP contribution in [-0.4, -0.2) is 56.9 Å². The maximum Gasteiger partial charge on any atom is 0.253 e. The number of rotatable bonds is 5. The van der Waals surface area contributed by atoms with E-state index >= 15 is 0 Å². The van der Waals surface area contributed by atoms with Crippen molar-refractivity contribution >= 4 is 5.91 Å². The van der Waals surface area contributed by atoms with E-state index in [2.05, 4.69) is 0 Å². The number of amides is 1. The SMILES string of the molecule is CCOCC12CCCOC1CCN(C(=O)c1ccc(OC)c(F)c1)C2. The topological polar surface area (TPSA) is 48.0 Å². The Kier molecular flexibility index (Phi) is 5.59. The minimum Gasteiger partial charge on any atom is -0.494 e. The van der Waals surface area contributed by atoms with Crippen LogP contribution < -0.4 is 4.74 Å². The first kappa shape index (κ1) is 18.1. The number of fused-ring (bicyclic) bond motifs is 1. The summed E-state index contributed by atoms with van der Waals surface area (Å²) in [5.74, 6) is -0.529. The fourth-order valence-corrected chi connectivity index (χ4v) is 3.96. The van der Waals surface area contributed by atoms with E-state index in [4.69, 9.17) is 14.2 Å². The van der Waals surface area contributed by atoms with Crippen LogP contribution in [0.25, 0.3) is 0 Å². The van der Waals surface area contributed by atoms with Crippen LogP contribution in [0.3, 0.4) is 0 Å². The van der Waals surface area contributed by atoms with Crippen molar-refractivity contribution in [2.45, 2.75) is 32.3 Å². The third-order valence-corrected chi connectivity index (χ3v) is 5.27. The predicted octanol–water partition coefficient (Wildman–Crippen LogP) is 2.88. The molecule has 0 radical (unpaired) electrons. The van der Waals surface area contributed by atoms with Gasteiger partial charge in [-0.3, -0.25) is 4.79 Å². The number of nitrogens with zero attached hydrogens (tertiary/aromatic N) is 1. The van der Waals surface area contributed by atoms with E-state index in [0.717, 1.165) is 25.9 Å². The number of hydrogen-bond donors (Lipinski definition) is 0. The minimum absolute atomic E-state index is 0.129. The monoisotopic (exact) mass is 351 g/mol. The Bertz CT molecular complexity index is 623. The quantitative estimate of drug-likeness (QED) is 0.818. The first-order valence-electron chi connectivity index (χ1n) is 8.92. The zero-order valence-corrected chi connectivity index (χ0v) is 14.9. The molecule has 2 aliphatic rings. The van der Waals surface area contributed by atoms with E-state index in [1.54, 1.807) is 6.07 Å². The average molecular weight is 351 g/mol. The number of carbonyl (C=O) groups is 1. The van der Waals surface area contributed by atoms with Crippen LogP contribution in [0.2, 0.25) is 0 Å². The third kappa shape index (κ3) is 3.65. The molecule has 1 aromatic carbocycles. The molecule has 0 bridgehead atoms. The molecule has 2 saturated heterocycles. The standard InChI is InChI=1S/C19H26FNO4/c1-3-24-13-19-8-4-10-25-17(19)7-9-21(12-19)18(22)14-5-6-16(23-2)15(20)11-14/h5-6,11,17H,3-4,7-10,12-13H2,1-2H3.